The molecule has 2 heterocycles. The molecule has 0 unspecified atom stereocenters. The molecule has 1 fully saturated rings. The van der Waals surface area contributed by atoms with Crippen LogP contribution >= 0.6 is 34.8 Å². The molecule has 3 aromatic rings. The van der Waals surface area contributed by atoms with Crippen molar-refractivity contribution in [1.29, 1.82) is 0 Å². The van der Waals surface area contributed by atoms with Gasteiger partial charge in [0.1, 0.15) is 5.52 Å². The van der Waals surface area contributed by atoms with E-state index < -0.39 is 0 Å². The fourth-order valence-electron chi connectivity index (χ4n) is 2.45. The number of aromatic nitrogens is 4. The topological polar surface area (TPSA) is 78.5 Å². The van der Waals surface area contributed by atoms with Gasteiger partial charge < -0.3 is 15.6 Å². The smallest absolute Gasteiger partial charge is 0.225 e. The highest BCUT2D eigenvalue weighted by Gasteiger charge is 2.18. The van der Waals surface area contributed by atoms with E-state index in [1.54, 1.807) is 18.3 Å². The summed E-state index contributed by atoms with van der Waals surface area (Å²) in [5, 5.41) is 7.65. The lowest BCUT2D eigenvalue weighted by Gasteiger charge is -2.26. The number of anilines is 3. The Labute approximate surface area is 153 Å². The average Bonchev–Trinajstić information content (AvgIpc) is 2.88. The molecule has 3 N–H and O–H groups in total. The summed E-state index contributed by atoms with van der Waals surface area (Å²) in [5.74, 6) is 1.07. The van der Waals surface area contributed by atoms with Crippen molar-refractivity contribution in [2.24, 2.45) is 0 Å². The van der Waals surface area contributed by atoms with Gasteiger partial charge >= 0.3 is 0 Å². The lowest BCUT2D eigenvalue weighted by molar-refractivity contribution is 0.443. The van der Waals surface area contributed by atoms with E-state index >= 15 is 0 Å². The Bertz CT molecular complexity index is 882. The molecule has 0 spiro atoms. The van der Waals surface area contributed by atoms with Crippen molar-refractivity contribution < 1.29 is 0 Å². The Morgan fingerprint density at radius 2 is 1.83 bits per heavy atom. The van der Waals surface area contributed by atoms with Gasteiger partial charge in [-0.2, -0.15) is 9.97 Å². The highest BCUT2D eigenvalue weighted by atomic mass is 35.5. The summed E-state index contributed by atoms with van der Waals surface area (Å²) in [4.78, 5) is 16.2. The molecule has 0 amide bonds. The third kappa shape index (κ3) is 3.09. The van der Waals surface area contributed by atoms with Gasteiger partial charge in [0.2, 0.25) is 11.9 Å². The van der Waals surface area contributed by atoms with E-state index in [2.05, 4.69) is 30.6 Å². The zero-order valence-electron chi connectivity index (χ0n) is 12.4. The van der Waals surface area contributed by atoms with Crippen LogP contribution in [0.25, 0.3) is 11.2 Å². The van der Waals surface area contributed by atoms with Crippen LogP contribution < -0.4 is 10.6 Å². The Hall–Kier alpha value is -1.76. The first-order valence-electron chi connectivity index (χ1n) is 7.49. The molecule has 4 rings (SSSR count). The molecule has 0 aliphatic heterocycles. The highest BCUT2D eigenvalue weighted by Crippen LogP contribution is 2.35. The van der Waals surface area contributed by atoms with Crippen LogP contribution in [0.5, 0.6) is 0 Å². The molecule has 1 aliphatic rings. The van der Waals surface area contributed by atoms with Crippen LogP contribution in [0.15, 0.2) is 18.3 Å². The van der Waals surface area contributed by atoms with Crippen LogP contribution in [-0.2, 0) is 0 Å². The standard InChI is InChI=1S/C15H13Cl3N6/c16-7-4-9(17)12(10(18)5-7)22-15-21-11-6-19-14(23-13(11)24-15)20-8-2-1-3-8/h4-6,8H,1-3H2,(H3,19,20,21,22,23,24). The van der Waals surface area contributed by atoms with E-state index in [0.717, 1.165) is 18.4 Å². The number of H-pyrrole nitrogens is 1. The average molecular weight is 384 g/mol. The van der Waals surface area contributed by atoms with Crippen LogP contribution in [-0.4, -0.2) is 26.0 Å². The predicted octanol–water partition coefficient (Wildman–Crippen LogP) is 5.02. The minimum atomic E-state index is 0.409. The summed E-state index contributed by atoms with van der Waals surface area (Å²) < 4.78 is 0. The van der Waals surface area contributed by atoms with Crippen molar-refractivity contribution in [2.45, 2.75) is 25.3 Å². The maximum Gasteiger partial charge on any atom is 0.225 e. The summed E-state index contributed by atoms with van der Waals surface area (Å²) in [5.41, 5.74) is 1.82. The lowest BCUT2D eigenvalue weighted by atomic mass is 9.93. The minimum absolute atomic E-state index is 0.409. The molecular formula is C15H13Cl3N6. The van der Waals surface area contributed by atoms with Crippen molar-refractivity contribution in [3.8, 4) is 0 Å². The normalized spacial score (nSPS) is 14.6. The molecule has 1 aliphatic carbocycles. The van der Waals surface area contributed by atoms with Crippen molar-refractivity contribution in [3.05, 3.63) is 33.4 Å². The quantitative estimate of drug-likeness (QED) is 0.589. The van der Waals surface area contributed by atoms with Crippen LogP contribution in [0.2, 0.25) is 15.1 Å². The summed E-state index contributed by atoms with van der Waals surface area (Å²) in [6.45, 7) is 0. The predicted molar refractivity (Wildman–Crippen MR) is 97.7 cm³/mol. The second-order valence-corrected chi connectivity index (χ2v) is 6.91. The van der Waals surface area contributed by atoms with E-state index in [-0.39, 0.29) is 0 Å². The van der Waals surface area contributed by atoms with Crippen molar-refractivity contribution in [3.63, 3.8) is 0 Å². The molecule has 6 nitrogen and oxygen atoms in total. The van der Waals surface area contributed by atoms with E-state index in [1.165, 1.54) is 6.42 Å². The van der Waals surface area contributed by atoms with Gasteiger partial charge in [-0.1, -0.05) is 34.8 Å². The zero-order valence-corrected chi connectivity index (χ0v) is 14.7. The molecule has 0 radical (unpaired) electrons. The largest absolute Gasteiger partial charge is 0.351 e. The molecule has 0 bridgehead atoms. The number of nitrogens with one attached hydrogen (secondary N) is 3. The number of imidazole rings is 1. The minimum Gasteiger partial charge on any atom is -0.351 e. The first-order valence-corrected chi connectivity index (χ1v) is 8.63. The number of hydrogen-bond acceptors (Lipinski definition) is 5. The number of halogens is 3. The van der Waals surface area contributed by atoms with Crippen molar-refractivity contribution >= 4 is 63.6 Å². The Kier molecular flexibility index (Phi) is 4.12. The maximum absolute atomic E-state index is 6.18. The zero-order chi connectivity index (χ0) is 16.7. The molecule has 1 saturated carbocycles. The molecule has 0 atom stereocenters. The van der Waals surface area contributed by atoms with Crippen LogP contribution in [0.1, 0.15) is 19.3 Å². The Morgan fingerprint density at radius 3 is 2.50 bits per heavy atom. The fraction of sp³-hybridized carbons (Fsp3) is 0.267. The van der Waals surface area contributed by atoms with Gasteiger partial charge in [0.05, 0.1) is 21.9 Å². The lowest BCUT2D eigenvalue weighted by Crippen LogP contribution is -2.27. The third-order valence-corrected chi connectivity index (χ3v) is 4.74. The number of fused-ring (bicyclic) bond motifs is 1. The van der Waals surface area contributed by atoms with Crippen molar-refractivity contribution in [1.82, 2.24) is 19.9 Å². The summed E-state index contributed by atoms with van der Waals surface area (Å²) >= 11 is 18.3. The molecular weight excluding hydrogens is 371 g/mol. The number of hydrogen-bond donors (Lipinski definition) is 3. The van der Waals surface area contributed by atoms with Crippen molar-refractivity contribution in [2.75, 3.05) is 10.6 Å². The van der Waals surface area contributed by atoms with E-state index in [4.69, 9.17) is 34.8 Å². The van der Waals surface area contributed by atoms with Crippen LogP contribution in [0.3, 0.4) is 0 Å². The molecule has 2 aromatic heterocycles. The second kappa shape index (κ2) is 6.27. The van der Waals surface area contributed by atoms with Gasteiger partial charge in [-0.15, -0.1) is 0 Å². The number of rotatable bonds is 4. The SMILES string of the molecule is Clc1cc(Cl)c(Nc2nc3nc(NC4CCC4)ncc3[nH]2)c(Cl)c1. The van der Waals surface area contributed by atoms with E-state index in [1.807, 2.05) is 0 Å². The Morgan fingerprint density at radius 1 is 1.08 bits per heavy atom. The molecule has 0 saturated heterocycles. The number of benzene rings is 1. The second-order valence-electron chi connectivity index (χ2n) is 5.66. The maximum atomic E-state index is 6.18. The summed E-state index contributed by atoms with van der Waals surface area (Å²) in [6, 6.07) is 3.69. The molecule has 1 aromatic carbocycles. The first-order chi connectivity index (χ1) is 11.6. The van der Waals surface area contributed by atoms with Gasteiger partial charge in [-0.05, 0) is 31.4 Å². The van der Waals surface area contributed by atoms with Gasteiger partial charge in [0, 0.05) is 11.1 Å². The van der Waals surface area contributed by atoms with Gasteiger partial charge in [0.15, 0.2) is 5.65 Å². The van der Waals surface area contributed by atoms with Gasteiger partial charge in [-0.25, -0.2) is 4.98 Å². The fourth-order valence-corrected chi connectivity index (χ4v) is 3.36. The van der Waals surface area contributed by atoms with E-state index in [9.17, 15) is 0 Å². The number of aromatic amines is 1. The summed E-state index contributed by atoms with van der Waals surface area (Å²) in [6.07, 6.45) is 5.26. The molecule has 24 heavy (non-hydrogen) atoms. The highest BCUT2D eigenvalue weighted by molar-refractivity contribution is 6.41. The van der Waals surface area contributed by atoms with Crippen LogP contribution in [0, 0.1) is 0 Å². The van der Waals surface area contributed by atoms with Gasteiger partial charge in [-0.3, -0.25) is 0 Å². The Balaban J connectivity index is 1.60. The first kappa shape index (κ1) is 15.7. The third-order valence-electron chi connectivity index (χ3n) is 3.93. The van der Waals surface area contributed by atoms with Crippen LogP contribution in [0.4, 0.5) is 17.6 Å². The monoisotopic (exact) mass is 382 g/mol. The molecule has 9 heteroatoms. The van der Waals surface area contributed by atoms with Gasteiger partial charge in [0.25, 0.3) is 0 Å². The number of nitrogens with zero attached hydrogens (tertiary/aromatic N) is 3. The van der Waals surface area contributed by atoms with E-state index in [0.29, 0.717) is 44.3 Å². The molecule has 124 valence electrons. The summed E-state index contributed by atoms with van der Waals surface area (Å²) in [7, 11) is 0.